The maximum atomic E-state index is 11.2. The second-order valence-corrected chi connectivity index (χ2v) is 23.2. The van der Waals surface area contributed by atoms with Crippen molar-refractivity contribution in [3.8, 4) is 0 Å². The number of rotatable bonds is 56. The van der Waals surface area contributed by atoms with Gasteiger partial charge >= 0.3 is 0 Å². The number of ether oxygens (including phenoxy) is 10. The summed E-state index contributed by atoms with van der Waals surface area (Å²) in [5.74, 6) is 0.643. The van der Waals surface area contributed by atoms with Crippen molar-refractivity contribution in [2.45, 2.75) is 307 Å². The highest BCUT2D eigenvalue weighted by Crippen LogP contribution is 1.91. The first kappa shape index (κ1) is 130. The van der Waals surface area contributed by atoms with E-state index in [0.29, 0.717) is 143 Å². The summed E-state index contributed by atoms with van der Waals surface area (Å²) in [6, 6.07) is 0. The van der Waals surface area contributed by atoms with Gasteiger partial charge in [-0.25, -0.2) is 0 Å². The van der Waals surface area contributed by atoms with Gasteiger partial charge in [0.1, 0.15) is 0 Å². The molecule has 0 rings (SSSR count). The van der Waals surface area contributed by atoms with Crippen LogP contribution in [0, 0.1) is 0 Å². The van der Waals surface area contributed by atoms with Crippen molar-refractivity contribution in [1.82, 2.24) is 42.5 Å². The zero-order valence-electron chi connectivity index (χ0n) is 74.7. The Bertz CT molecular complexity index is 1540. The minimum Gasteiger partial charge on any atom is -0.381 e. The molecule has 0 fully saturated rings. The van der Waals surface area contributed by atoms with E-state index in [1.54, 1.807) is 0 Å². The lowest BCUT2D eigenvalue weighted by molar-refractivity contribution is -0.123. The predicted octanol–water partition coefficient (Wildman–Crippen LogP) is 14.0. The molecule has 0 aromatic carbocycles. The summed E-state index contributed by atoms with van der Waals surface area (Å²) in [4.78, 5) is 86.0. The molecule has 0 saturated carbocycles. The molecule has 0 aliphatic carbocycles. The number of nitrogens with one attached hydrogen (secondary N) is 8. The summed E-state index contributed by atoms with van der Waals surface area (Å²) in [6.45, 7) is 68.0. The summed E-state index contributed by atoms with van der Waals surface area (Å²) in [6.07, 6.45) is 19.3. The van der Waals surface area contributed by atoms with Crippen molar-refractivity contribution in [3.63, 3.8) is 0 Å². The minimum absolute atomic E-state index is 0.0335. The van der Waals surface area contributed by atoms with Crippen LogP contribution in [0.2, 0.25) is 0 Å². The molecule has 0 aliphatic heterocycles. The van der Waals surface area contributed by atoms with Crippen LogP contribution in [-0.2, 0) is 85.7 Å². The first-order valence-corrected chi connectivity index (χ1v) is 42.0. The molecule has 8 amide bonds. The maximum Gasteiger partial charge on any atom is 0.222 e. The van der Waals surface area contributed by atoms with Crippen LogP contribution in [0.3, 0.4) is 0 Å². The van der Waals surface area contributed by atoms with Gasteiger partial charge in [0.25, 0.3) is 0 Å². The Morgan fingerprint density at radius 1 is 0.167 bits per heavy atom. The van der Waals surface area contributed by atoms with Crippen LogP contribution < -0.4 is 42.5 Å². The Hall–Kier alpha value is -4.64. The summed E-state index contributed by atoms with van der Waals surface area (Å²) in [7, 11) is 0. The van der Waals surface area contributed by atoms with Gasteiger partial charge in [-0.15, -0.1) is 0 Å². The third-order valence-corrected chi connectivity index (χ3v) is 11.1. The summed E-state index contributed by atoms with van der Waals surface area (Å²) in [5.41, 5.74) is 0. The number of amides is 8. The van der Waals surface area contributed by atoms with E-state index in [1.165, 1.54) is 12.8 Å². The molecular weight excluding hydrogens is 1380 g/mol. The molecular formula is C82H180N8O18. The number of hydrogen-bond acceptors (Lipinski definition) is 18. The highest BCUT2D eigenvalue weighted by Gasteiger charge is 2.03. The molecule has 0 atom stereocenters. The molecule has 656 valence electrons. The van der Waals surface area contributed by atoms with E-state index >= 15 is 0 Å². The molecule has 0 heterocycles. The fraction of sp³-hybridized carbons (Fsp3) is 0.902. The van der Waals surface area contributed by atoms with Gasteiger partial charge in [0.2, 0.25) is 47.3 Å². The first-order valence-electron chi connectivity index (χ1n) is 42.0. The molecule has 26 nitrogen and oxygen atoms in total. The molecule has 0 bridgehead atoms. The molecule has 0 unspecified atom stereocenters. The van der Waals surface area contributed by atoms with E-state index in [1.807, 2.05) is 83.1 Å². The Labute approximate surface area is 664 Å². The fourth-order valence-corrected chi connectivity index (χ4v) is 6.10. The number of hydrogen-bond donors (Lipinski definition) is 8. The highest BCUT2D eigenvalue weighted by molar-refractivity contribution is 5.78. The summed E-state index contributed by atoms with van der Waals surface area (Å²) < 4.78 is 51.7. The largest absolute Gasteiger partial charge is 0.381 e. The second kappa shape index (κ2) is 138. The molecule has 108 heavy (non-hydrogen) atoms. The van der Waals surface area contributed by atoms with Gasteiger partial charge in [0, 0.05) is 183 Å². The lowest BCUT2D eigenvalue weighted by Gasteiger charge is -2.06. The van der Waals surface area contributed by atoms with Gasteiger partial charge in [-0.1, -0.05) is 151 Å². The number of carbonyl (C=O) groups excluding carboxylic acids is 8. The van der Waals surface area contributed by atoms with Gasteiger partial charge in [-0.3, -0.25) is 38.4 Å². The van der Waals surface area contributed by atoms with Gasteiger partial charge in [0.15, 0.2) is 0 Å². The first-order chi connectivity index (χ1) is 52.1. The van der Waals surface area contributed by atoms with Crippen LogP contribution in [0.4, 0.5) is 0 Å². The van der Waals surface area contributed by atoms with Crippen LogP contribution in [-0.4, -0.2) is 232 Å². The second-order valence-electron chi connectivity index (χ2n) is 23.2. The zero-order valence-corrected chi connectivity index (χ0v) is 74.7. The molecule has 26 heteroatoms. The Kier molecular flexibility index (Phi) is 166. The van der Waals surface area contributed by atoms with E-state index < -0.39 is 0 Å². The van der Waals surface area contributed by atoms with E-state index in [9.17, 15) is 38.4 Å². The number of carbonyl (C=O) groups is 8. The Morgan fingerprint density at radius 2 is 0.287 bits per heavy atom. The van der Waals surface area contributed by atoms with Crippen molar-refractivity contribution in [2.24, 2.45) is 0 Å². The normalized spacial score (nSPS) is 9.41. The average molecular weight is 1570 g/mol. The zero-order chi connectivity index (χ0) is 84.7. The Morgan fingerprint density at radius 3 is 0.426 bits per heavy atom. The third kappa shape index (κ3) is 180. The van der Waals surface area contributed by atoms with Crippen LogP contribution in [0.1, 0.15) is 307 Å². The molecule has 0 spiro atoms. The van der Waals surface area contributed by atoms with Crippen LogP contribution in [0.15, 0.2) is 0 Å². The molecule has 0 aromatic heterocycles. The smallest absolute Gasteiger partial charge is 0.222 e. The van der Waals surface area contributed by atoms with E-state index in [4.69, 9.17) is 47.4 Å². The lowest BCUT2D eigenvalue weighted by Crippen LogP contribution is -2.28. The van der Waals surface area contributed by atoms with Gasteiger partial charge in [-0.05, 0) is 105 Å². The molecule has 0 aliphatic rings. The summed E-state index contributed by atoms with van der Waals surface area (Å²) in [5, 5.41) is 21.7. The molecule has 0 saturated heterocycles. The van der Waals surface area contributed by atoms with Crippen molar-refractivity contribution in [3.05, 3.63) is 0 Å². The van der Waals surface area contributed by atoms with Crippen molar-refractivity contribution >= 4 is 47.3 Å². The molecule has 0 aromatic rings. The minimum atomic E-state index is 0.0335. The average Bonchev–Trinajstić information content (AvgIpc) is 1.60. The summed E-state index contributed by atoms with van der Waals surface area (Å²) >= 11 is 0. The standard InChI is InChI=1S/2C11H23NO3.4C8H17NO2.2C6H14O.2C5H11NO.2C3H8/c2*1-3-7-14-9-5-11(13)12-6-10-15-8-4-2;2*1-3-6-11-7-5-8(10)9-4-2;2*1-3-6-11-7-5-9-8(10)4-2;2*1-3-5-7-6-4-2;2*1-3-5(7)6-4-2;2*1-3-2/h2*3-10H2,1-2H3,(H,12,13);4*3-7H2,1-2H3,(H,9,10);2*3-6H2,1-2H3;2*3-4H2,1-2H3,(H,6,7);2*3H2,1-2H3. The van der Waals surface area contributed by atoms with Crippen molar-refractivity contribution in [2.75, 3.05) is 184 Å². The van der Waals surface area contributed by atoms with Gasteiger partial charge < -0.3 is 89.9 Å². The fourth-order valence-electron chi connectivity index (χ4n) is 6.10. The van der Waals surface area contributed by atoms with Gasteiger partial charge in [0.05, 0.1) is 52.9 Å². The van der Waals surface area contributed by atoms with Gasteiger partial charge in [-0.2, -0.15) is 0 Å². The highest BCUT2D eigenvalue weighted by atomic mass is 16.5. The van der Waals surface area contributed by atoms with Crippen molar-refractivity contribution < 1.29 is 85.7 Å². The van der Waals surface area contributed by atoms with Crippen molar-refractivity contribution in [1.29, 1.82) is 0 Å². The molecule has 0 radical (unpaired) electrons. The van der Waals surface area contributed by atoms with Crippen LogP contribution >= 0.6 is 0 Å². The predicted molar refractivity (Wildman–Crippen MR) is 450 cm³/mol. The third-order valence-electron chi connectivity index (χ3n) is 11.1. The topological polar surface area (TPSA) is 325 Å². The monoisotopic (exact) mass is 1570 g/mol. The maximum absolute atomic E-state index is 11.2. The SMILES string of the molecule is CCC.CCC.CCCOCCC.CCCOCCC.CCCOCCC(=O)NCC.CCCOCCC(=O)NCC.CCCOCCNC(=O)CC.CCCOCCNC(=O)CC.CCCOCCNC(=O)CCOCCC.CCCOCCNC(=O)CCOCCC.CCNC(=O)CC.CCNC(=O)CC. The van der Waals surface area contributed by atoms with E-state index in [-0.39, 0.29) is 47.3 Å². The van der Waals surface area contributed by atoms with Crippen LogP contribution in [0.25, 0.3) is 0 Å². The van der Waals surface area contributed by atoms with E-state index in [0.717, 1.165) is 169 Å². The van der Waals surface area contributed by atoms with E-state index in [2.05, 4.69) is 126 Å². The molecule has 8 N–H and O–H groups in total. The van der Waals surface area contributed by atoms with Crippen LogP contribution in [0.5, 0.6) is 0 Å². The Balaban J connectivity index is -0.0000000950. The quantitative estimate of drug-likeness (QED) is 0.0262. The lowest BCUT2D eigenvalue weighted by atomic mass is 10.4.